The number of anilines is 1. The molecular weight excluding hydrogens is 290 g/mol. The Labute approximate surface area is 133 Å². The number of primary amides is 1. The second-order valence-corrected chi connectivity index (χ2v) is 5.09. The van der Waals surface area contributed by atoms with Crippen molar-refractivity contribution < 1.29 is 4.79 Å². The summed E-state index contributed by atoms with van der Waals surface area (Å²) in [6.45, 7) is 0.548. The number of nitrogens with zero attached hydrogens (tertiary/aromatic N) is 2. The Balaban J connectivity index is 1.85. The Hall–Kier alpha value is -3.15. The molecule has 0 saturated carbocycles. The lowest BCUT2D eigenvalue weighted by Gasteiger charge is -2.18. The van der Waals surface area contributed by atoms with E-state index >= 15 is 0 Å². The highest BCUT2D eigenvalue weighted by Crippen LogP contribution is 2.23. The third kappa shape index (κ3) is 3.37. The summed E-state index contributed by atoms with van der Waals surface area (Å²) in [4.78, 5) is 22.7. The van der Waals surface area contributed by atoms with Crippen molar-refractivity contribution in [1.82, 2.24) is 15.0 Å². The number of nitrogens with two attached hydrogens (primary N) is 1. The van der Waals surface area contributed by atoms with E-state index in [1.54, 1.807) is 6.20 Å². The molecule has 0 fully saturated rings. The topological polar surface area (TPSA) is 96.7 Å². The van der Waals surface area contributed by atoms with E-state index in [0.29, 0.717) is 12.4 Å². The quantitative estimate of drug-likeness (QED) is 0.650. The molecule has 1 aromatic carbocycles. The molecule has 1 amide bonds. The fourth-order valence-electron chi connectivity index (χ4n) is 2.48. The molecule has 0 radical (unpaired) electrons. The van der Waals surface area contributed by atoms with Crippen LogP contribution in [0, 0.1) is 0 Å². The number of pyridine rings is 1. The molecule has 0 aliphatic carbocycles. The van der Waals surface area contributed by atoms with Crippen LogP contribution >= 0.6 is 0 Å². The Morgan fingerprint density at radius 2 is 1.91 bits per heavy atom. The largest absolute Gasteiger partial charge is 0.367 e. The molecule has 2 aromatic heterocycles. The van der Waals surface area contributed by atoms with Crippen molar-refractivity contribution in [3.63, 3.8) is 0 Å². The zero-order valence-electron chi connectivity index (χ0n) is 12.4. The lowest BCUT2D eigenvalue weighted by atomic mass is 9.95. The van der Waals surface area contributed by atoms with Crippen LogP contribution in [0.3, 0.4) is 0 Å². The van der Waals surface area contributed by atoms with Gasteiger partial charge in [-0.1, -0.05) is 36.4 Å². The van der Waals surface area contributed by atoms with E-state index in [2.05, 4.69) is 32.4 Å². The highest BCUT2D eigenvalue weighted by molar-refractivity contribution is 5.95. The van der Waals surface area contributed by atoms with Gasteiger partial charge in [0.15, 0.2) is 5.82 Å². The number of H-pyrrole nitrogens is 1. The lowest BCUT2D eigenvalue weighted by Crippen LogP contribution is -2.19. The first kappa shape index (κ1) is 14.8. The number of hydrogen-bond acceptors (Lipinski definition) is 4. The van der Waals surface area contributed by atoms with Gasteiger partial charge < -0.3 is 16.0 Å². The summed E-state index contributed by atoms with van der Waals surface area (Å²) < 4.78 is 0. The van der Waals surface area contributed by atoms with Crippen LogP contribution in [-0.4, -0.2) is 27.4 Å². The van der Waals surface area contributed by atoms with E-state index in [4.69, 9.17) is 5.73 Å². The van der Waals surface area contributed by atoms with Crippen LogP contribution in [0.5, 0.6) is 0 Å². The van der Waals surface area contributed by atoms with Crippen molar-refractivity contribution in [3.05, 3.63) is 78.0 Å². The third-order valence-corrected chi connectivity index (χ3v) is 3.61. The molecule has 1 atom stereocenters. The van der Waals surface area contributed by atoms with Crippen molar-refractivity contribution in [2.75, 3.05) is 11.9 Å². The average molecular weight is 307 g/mol. The van der Waals surface area contributed by atoms with Crippen LogP contribution < -0.4 is 11.1 Å². The Morgan fingerprint density at radius 3 is 2.61 bits per heavy atom. The lowest BCUT2D eigenvalue weighted by molar-refractivity contribution is 0.0997. The molecule has 116 valence electrons. The molecule has 3 aromatic rings. The summed E-state index contributed by atoms with van der Waals surface area (Å²) in [5, 5.41) is 3.19. The first-order valence-corrected chi connectivity index (χ1v) is 7.28. The summed E-state index contributed by atoms with van der Waals surface area (Å²) >= 11 is 0. The van der Waals surface area contributed by atoms with Gasteiger partial charge in [-0.25, -0.2) is 4.98 Å². The minimum atomic E-state index is -0.543. The molecule has 1 unspecified atom stereocenters. The highest BCUT2D eigenvalue weighted by Gasteiger charge is 2.17. The van der Waals surface area contributed by atoms with E-state index in [9.17, 15) is 4.79 Å². The monoisotopic (exact) mass is 307 g/mol. The minimum absolute atomic E-state index is 0.0369. The van der Waals surface area contributed by atoms with Crippen molar-refractivity contribution in [3.8, 4) is 0 Å². The molecule has 0 aliphatic rings. The maximum Gasteiger partial charge on any atom is 0.269 e. The molecule has 2 heterocycles. The van der Waals surface area contributed by atoms with Gasteiger partial charge in [-0.3, -0.25) is 9.78 Å². The van der Waals surface area contributed by atoms with Crippen LogP contribution in [0.4, 0.5) is 5.82 Å². The normalized spacial score (nSPS) is 11.8. The smallest absolute Gasteiger partial charge is 0.269 e. The average Bonchev–Trinajstić information content (AvgIpc) is 3.06. The summed E-state index contributed by atoms with van der Waals surface area (Å²) in [5.74, 6) is -0.0525. The molecular formula is C17H17N5O. The van der Waals surface area contributed by atoms with Gasteiger partial charge in [0.05, 0.1) is 6.33 Å². The number of carbonyl (C=O) groups is 1. The van der Waals surface area contributed by atoms with E-state index < -0.39 is 5.91 Å². The number of benzene rings is 1. The Bertz CT molecular complexity index is 730. The van der Waals surface area contributed by atoms with E-state index in [0.717, 1.165) is 11.3 Å². The summed E-state index contributed by atoms with van der Waals surface area (Å²) in [6.07, 6.45) is 3.22. The molecule has 0 bridgehead atoms. The molecule has 0 saturated heterocycles. The molecule has 6 nitrogen and oxygen atoms in total. The number of rotatable bonds is 6. The Morgan fingerprint density at radius 1 is 1.13 bits per heavy atom. The fourth-order valence-corrected chi connectivity index (χ4v) is 2.48. The van der Waals surface area contributed by atoms with Crippen LogP contribution in [0.2, 0.25) is 0 Å². The number of aromatic amines is 1. The SMILES string of the molecule is NC(=O)c1[nH]cnc1NCC(c1ccccc1)c1ccccn1. The van der Waals surface area contributed by atoms with Gasteiger partial charge in [0, 0.05) is 24.4 Å². The highest BCUT2D eigenvalue weighted by atomic mass is 16.1. The van der Waals surface area contributed by atoms with Crippen molar-refractivity contribution in [2.24, 2.45) is 5.73 Å². The standard InChI is InChI=1S/C17H17N5O/c18-16(23)15-17(22-11-21-15)20-10-13(12-6-2-1-3-7-12)14-8-4-5-9-19-14/h1-9,11,13,20H,10H2,(H2,18,23)(H,21,22). The first-order chi connectivity index (χ1) is 11.3. The maximum absolute atomic E-state index is 11.4. The van der Waals surface area contributed by atoms with Gasteiger partial charge in [0.25, 0.3) is 5.91 Å². The molecule has 3 rings (SSSR count). The van der Waals surface area contributed by atoms with Gasteiger partial charge in [-0.05, 0) is 17.7 Å². The van der Waals surface area contributed by atoms with E-state index in [1.165, 1.54) is 6.33 Å². The minimum Gasteiger partial charge on any atom is -0.367 e. The van der Waals surface area contributed by atoms with Gasteiger partial charge in [-0.15, -0.1) is 0 Å². The van der Waals surface area contributed by atoms with Gasteiger partial charge in [-0.2, -0.15) is 0 Å². The van der Waals surface area contributed by atoms with Crippen molar-refractivity contribution in [2.45, 2.75) is 5.92 Å². The number of imidazole rings is 1. The molecule has 6 heteroatoms. The third-order valence-electron chi connectivity index (χ3n) is 3.61. The number of nitrogens with one attached hydrogen (secondary N) is 2. The van der Waals surface area contributed by atoms with Gasteiger partial charge in [0.1, 0.15) is 5.69 Å². The van der Waals surface area contributed by atoms with Gasteiger partial charge in [0.2, 0.25) is 0 Å². The zero-order valence-corrected chi connectivity index (χ0v) is 12.4. The molecule has 23 heavy (non-hydrogen) atoms. The number of carbonyl (C=O) groups excluding carboxylic acids is 1. The number of amides is 1. The van der Waals surface area contributed by atoms with Crippen LogP contribution in [0.25, 0.3) is 0 Å². The first-order valence-electron chi connectivity index (χ1n) is 7.28. The van der Waals surface area contributed by atoms with E-state index in [-0.39, 0.29) is 11.6 Å². The predicted molar refractivity (Wildman–Crippen MR) is 88.1 cm³/mol. The Kier molecular flexibility index (Phi) is 4.33. The van der Waals surface area contributed by atoms with Crippen LogP contribution in [-0.2, 0) is 0 Å². The summed E-state index contributed by atoms with van der Waals surface area (Å²) in [5.41, 5.74) is 7.68. The molecule has 0 aliphatic heterocycles. The maximum atomic E-state index is 11.4. The number of aromatic nitrogens is 3. The molecule has 0 spiro atoms. The van der Waals surface area contributed by atoms with Crippen LogP contribution in [0.15, 0.2) is 61.1 Å². The predicted octanol–water partition coefficient (Wildman–Crippen LogP) is 2.15. The summed E-state index contributed by atoms with van der Waals surface area (Å²) in [7, 11) is 0. The van der Waals surface area contributed by atoms with Crippen LogP contribution in [0.1, 0.15) is 27.7 Å². The number of hydrogen-bond donors (Lipinski definition) is 3. The zero-order chi connectivity index (χ0) is 16.1. The second-order valence-electron chi connectivity index (χ2n) is 5.09. The summed E-state index contributed by atoms with van der Waals surface area (Å²) in [6, 6.07) is 15.9. The van der Waals surface area contributed by atoms with E-state index in [1.807, 2.05) is 36.4 Å². The molecule has 4 N–H and O–H groups in total. The fraction of sp³-hybridized carbons (Fsp3) is 0.118. The second kappa shape index (κ2) is 6.74. The van der Waals surface area contributed by atoms with Crippen molar-refractivity contribution >= 4 is 11.7 Å². The van der Waals surface area contributed by atoms with Gasteiger partial charge >= 0.3 is 0 Å². The van der Waals surface area contributed by atoms with Crippen molar-refractivity contribution in [1.29, 1.82) is 0 Å².